The highest BCUT2D eigenvalue weighted by atomic mass is 16.7. The minimum absolute atomic E-state index is 0.203. The monoisotopic (exact) mass is 228 g/mol. The molecule has 0 aliphatic heterocycles. The van der Waals surface area contributed by atoms with Gasteiger partial charge in [0.15, 0.2) is 6.61 Å². The zero-order valence-corrected chi connectivity index (χ0v) is 9.52. The Hall–Kier alpha value is -1.62. The first-order chi connectivity index (χ1) is 7.47. The van der Waals surface area contributed by atoms with Gasteiger partial charge in [-0.3, -0.25) is 0 Å². The zero-order chi connectivity index (χ0) is 12.6. The summed E-state index contributed by atoms with van der Waals surface area (Å²) in [6.07, 6.45) is 2.02. The number of carbonyl (C=O) groups is 2. The summed E-state index contributed by atoms with van der Waals surface area (Å²) in [6.45, 7) is 9.84. The predicted octanol–water partition coefficient (Wildman–Crippen LogP) is 1.20. The van der Waals surface area contributed by atoms with Gasteiger partial charge in [-0.15, -0.1) is 0 Å². The third-order valence-corrected chi connectivity index (χ3v) is 1.58. The van der Waals surface area contributed by atoms with Crippen molar-refractivity contribution < 1.29 is 23.8 Å². The normalized spacial score (nSPS) is 13.4. The van der Waals surface area contributed by atoms with E-state index in [0.29, 0.717) is 6.61 Å². The molecule has 0 N–H and O–H groups in total. The highest BCUT2D eigenvalue weighted by Crippen LogP contribution is 2.14. The van der Waals surface area contributed by atoms with Crippen molar-refractivity contribution >= 4 is 11.9 Å². The van der Waals surface area contributed by atoms with Crippen LogP contribution in [0.25, 0.3) is 0 Å². The summed E-state index contributed by atoms with van der Waals surface area (Å²) in [5, 5.41) is 0. The molecule has 0 heterocycles. The van der Waals surface area contributed by atoms with E-state index in [0.717, 1.165) is 12.2 Å². The van der Waals surface area contributed by atoms with Gasteiger partial charge in [0, 0.05) is 25.7 Å². The Labute approximate surface area is 94.7 Å². The molecular weight excluding hydrogens is 212 g/mol. The molecule has 0 spiro atoms. The summed E-state index contributed by atoms with van der Waals surface area (Å²) in [5.41, 5.74) is 0. The van der Waals surface area contributed by atoms with Crippen molar-refractivity contribution in [3.63, 3.8) is 0 Å². The van der Waals surface area contributed by atoms with E-state index in [1.807, 2.05) is 0 Å². The molecule has 1 atom stereocenters. The number of carbonyl (C=O) groups excluding carboxylic acids is 2. The van der Waals surface area contributed by atoms with Gasteiger partial charge in [0.25, 0.3) is 0 Å². The van der Waals surface area contributed by atoms with Crippen LogP contribution < -0.4 is 0 Å². The number of hydrogen-bond acceptors (Lipinski definition) is 5. The fourth-order valence-corrected chi connectivity index (χ4v) is 0.922. The Morgan fingerprint density at radius 2 is 1.81 bits per heavy atom. The quantitative estimate of drug-likeness (QED) is 0.372. The summed E-state index contributed by atoms with van der Waals surface area (Å²) in [7, 11) is 0. The smallest absolute Gasteiger partial charge is 0.332 e. The van der Waals surface area contributed by atoms with Gasteiger partial charge in [0.2, 0.25) is 5.79 Å². The second kappa shape index (κ2) is 6.79. The van der Waals surface area contributed by atoms with Crippen LogP contribution in [0.3, 0.4) is 0 Å². The van der Waals surface area contributed by atoms with Crippen LogP contribution in [0, 0.1) is 0 Å². The van der Waals surface area contributed by atoms with E-state index in [4.69, 9.17) is 14.2 Å². The van der Waals surface area contributed by atoms with Gasteiger partial charge < -0.3 is 14.2 Å². The Kier molecular flexibility index (Phi) is 6.10. The number of esters is 2. The van der Waals surface area contributed by atoms with E-state index in [-0.39, 0.29) is 6.61 Å². The van der Waals surface area contributed by atoms with Crippen LogP contribution in [-0.2, 0) is 23.8 Å². The molecule has 0 saturated heterocycles. The largest absolute Gasteiger partial charge is 0.456 e. The predicted molar refractivity (Wildman–Crippen MR) is 57.5 cm³/mol. The molecule has 0 aromatic heterocycles. The van der Waals surface area contributed by atoms with Crippen LogP contribution in [0.4, 0.5) is 0 Å². The summed E-state index contributed by atoms with van der Waals surface area (Å²) in [6, 6.07) is 0. The lowest BCUT2D eigenvalue weighted by atomic mass is 10.3. The zero-order valence-electron chi connectivity index (χ0n) is 9.52. The van der Waals surface area contributed by atoms with Crippen molar-refractivity contribution in [2.24, 2.45) is 0 Å². The van der Waals surface area contributed by atoms with Crippen LogP contribution in [0.5, 0.6) is 0 Å². The van der Waals surface area contributed by atoms with Crippen LogP contribution in [0.2, 0.25) is 0 Å². The van der Waals surface area contributed by atoms with Crippen molar-refractivity contribution in [2.45, 2.75) is 19.6 Å². The van der Waals surface area contributed by atoms with E-state index in [1.165, 1.54) is 6.92 Å². The molecule has 1 unspecified atom stereocenters. The second-order valence-electron chi connectivity index (χ2n) is 3.00. The van der Waals surface area contributed by atoms with E-state index < -0.39 is 17.7 Å². The summed E-state index contributed by atoms with van der Waals surface area (Å²) in [5.74, 6) is -2.57. The second-order valence-corrected chi connectivity index (χ2v) is 3.00. The van der Waals surface area contributed by atoms with Gasteiger partial charge in [-0.25, -0.2) is 9.59 Å². The molecule has 0 amide bonds. The molecule has 16 heavy (non-hydrogen) atoms. The highest BCUT2D eigenvalue weighted by molar-refractivity contribution is 5.82. The third-order valence-electron chi connectivity index (χ3n) is 1.58. The molecule has 0 rings (SSSR count). The Bertz CT molecular complexity index is 284. The van der Waals surface area contributed by atoms with Crippen LogP contribution in [0.1, 0.15) is 13.8 Å². The molecule has 5 heteroatoms. The maximum Gasteiger partial charge on any atom is 0.332 e. The van der Waals surface area contributed by atoms with E-state index in [1.54, 1.807) is 6.92 Å². The molecule has 5 nitrogen and oxygen atoms in total. The molecular formula is C11H16O5. The lowest BCUT2D eigenvalue weighted by Crippen LogP contribution is -2.40. The molecule has 0 saturated carbocycles. The van der Waals surface area contributed by atoms with Crippen LogP contribution in [-0.4, -0.2) is 30.9 Å². The molecule has 0 radical (unpaired) electrons. The Balaban J connectivity index is 4.42. The maximum absolute atomic E-state index is 11.0. The van der Waals surface area contributed by atoms with Crippen LogP contribution in [0.15, 0.2) is 25.3 Å². The SMILES string of the molecule is C=CC(=O)OCC(C)(OCC)OC(=O)C=C. The van der Waals surface area contributed by atoms with Crippen molar-refractivity contribution in [3.8, 4) is 0 Å². The average Bonchev–Trinajstić information content (AvgIpc) is 2.26. The fraction of sp³-hybridized carbons (Fsp3) is 0.455. The first kappa shape index (κ1) is 14.4. The number of hydrogen-bond donors (Lipinski definition) is 0. The van der Waals surface area contributed by atoms with Gasteiger partial charge in [0.05, 0.1) is 0 Å². The van der Waals surface area contributed by atoms with Crippen molar-refractivity contribution in [2.75, 3.05) is 13.2 Å². The Morgan fingerprint density at radius 1 is 1.25 bits per heavy atom. The standard InChI is InChI=1S/C11H16O5/c1-5-9(12)14-8-11(4,15-7-3)16-10(13)6-2/h5-6H,1-2,7-8H2,3-4H3. The fourth-order valence-electron chi connectivity index (χ4n) is 0.922. The van der Waals surface area contributed by atoms with E-state index in [2.05, 4.69) is 13.2 Å². The van der Waals surface area contributed by atoms with Gasteiger partial charge in [-0.1, -0.05) is 13.2 Å². The first-order valence-corrected chi connectivity index (χ1v) is 4.76. The van der Waals surface area contributed by atoms with Crippen LogP contribution >= 0.6 is 0 Å². The summed E-state index contributed by atoms with van der Waals surface area (Å²) in [4.78, 5) is 21.9. The lowest BCUT2D eigenvalue weighted by Gasteiger charge is -2.27. The molecule has 0 bridgehead atoms. The summed E-state index contributed by atoms with van der Waals surface area (Å²) < 4.78 is 14.9. The number of rotatable bonds is 7. The minimum Gasteiger partial charge on any atom is -0.456 e. The van der Waals surface area contributed by atoms with Gasteiger partial charge in [-0.2, -0.15) is 0 Å². The maximum atomic E-state index is 11.0. The molecule has 0 fully saturated rings. The molecule has 0 aliphatic rings. The van der Waals surface area contributed by atoms with Gasteiger partial charge >= 0.3 is 11.9 Å². The topological polar surface area (TPSA) is 61.8 Å². The van der Waals surface area contributed by atoms with Gasteiger partial charge in [-0.05, 0) is 6.92 Å². The average molecular weight is 228 g/mol. The lowest BCUT2D eigenvalue weighted by molar-refractivity contribution is -0.236. The first-order valence-electron chi connectivity index (χ1n) is 4.76. The minimum atomic E-state index is -1.31. The van der Waals surface area contributed by atoms with Crippen molar-refractivity contribution in [1.29, 1.82) is 0 Å². The van der Waals surface area contributed by atoms with Crippen molar-refractivity contribution in [1.82, 2.24) is 0 Å². The van der Waals surface area contributed by atoms with E-state index >= 15 is 0 Å². The van der Waals surface area contributed by atoms with Gasteiger partial charge in [0.1, 0.15) is 0 Å². The summed E-state index contributed by atoms with van der Waals surface area (Å²) >= 11 is 0. The molecule has 90 valence electrons. The number of ether oxygens (including phenoxy) is 3. The Morgan fingerprint density at radius 3 is 2.25 bits per heavy atom. The highest BCUT2D eigenvalue weighted by Gasteiger charge is 2.30. The third kappa shape index (κ3) is 5.31. The molecule has 0 aromatic rings. The van der Waals surface area contributed by atoms with Crippen molar-refractivity contribution in [3.05, 3.63) is 25.3 Å². The molecule has 0 aliphatic carbocycles. The van der Waals surface area contributed by atoms with E-state index in [9.17, 15) is 9.59 Å². The molecule has 0 aromatic carbocycles.